The Morgan fingerprint density at radius 3 is 2.68 bits per heavy atom. The van der Waals surface area contributed by atoms with Gasteiger partial charge in [0.25, 0.3) is 0 Å². The van der Waals surface area contributed by atoms with E-state index in [1.165, 1.54) is 5.56 Å². The summed E-state index contributed by atoms with van der Waals surface area (Å²) in [7, 11) is 0. The Kier molecular flexibility index (Phi) is 2.68. The number of para-hydroxylation sites is 1. The van der Waals surface area contributed by atoms with E-state index >= 15 is 0 Å². The second kappa shape index (κ2) is 4.14. The second-order valence-corrected chi connectivity index (χ2v) is 5.52. The molecule has 1 unspecified atom stereocenters. The topological polar surface area (TPSA) is 32.7 Å². The van der Waals surface area contributed by atoms with Crippen molar-refractivity contribution in [1.29, 1.82) is 0 Å². The molecule has 1 atom stereocenters. The molecule has 0 radical (unpaired) electrons. The Hall–Kier alpha value is -1.74. The number of ether oxygens (including phenoxy) is 1. The van der Waals surface area contributed by atoms with E-state index in [9.17, 15) is 5.11 Å². The van der Waals surface area contributed by atoms with E-state index < -0.39 is 5.72 Å². The molecule has 2 aliphatic heterocycles. The van der Waals surface area contributed by atoms with Gasteiger partial charge in [-0.2, -0.15) is 0 Å². The van der Waals surface area contributed by atoms with Crippen molar-refractivity contribution >= 4 is 5.69 Å². The molecule has 100 valence electrons. The molecule has 0 amide bonds. The Morgan fingerprint density at radius 1 is 1.21 bits per heavy atom. The van der Waals surface area contributed by atoms with Gasteiger partial charge in [-0.3, -0.25) is 0 Å². The van der Waals surface area contributed by atoms with Crippen LogP contribution in [0.3, 0.4) is 0 Å². The summed E-state index contributed by atoms with van der Waals surface area (Å²) >= 11 is 0. The second-order valence-electron chi connectivity index (χ2n) is 5.52. The van der Waals surface area contributed by atoms with Crippen molar-refractivity contribution in [3.8, 4) is 0 Å². The summed E-state index contributed by atoms with van der Waals surface area (Å²) in [5.74, 6) is 0. The van der Waals surface area contributed by atoms with Crippen LogP contribution in [0.5, 0.6) is 0 Å². The lowest BCUT2D eigenvalue weighted by Gasteiger charge is -2.45. The predicted octanol–water partition coefficient (Wildman–Crippen LogP) is 2.57. The van der Waals surface area contributed by atoms with Gasteiger partial charge in [0.2, 0.25) is 5.72 Å². The van der Waals surface area contributed by atoms with Gasteiger partial charge in [-0.1, -0.05) is 24.3 Å². The van der Waals surface area contributed by atoms with E-state index in [-0.39, 0.29) is 12.0 Å². The number of aliphatic hydroxyl groups is 1. The lowest BCUT2D eigenvalue weighted by Crippen LogP contribution is -2.56. The van der Waals surface area contributed by atoms with Gasteiger partial charge in [-0.15, -0.1) is 0 Å². The first-order chi connectivity index (χ1) is 9.13. The molecule has 0 aliphatic carbocycles. The molecule has 1 aromatic carbocycles. The Balaban J connectivity index is 2.19. The van der Waals surface area contributed by atoms with E-state index in [1.54, 1.807) is 6.26 Å². The molecule has 0 saturated carbocycles. The van der Waals surface area contributed by atoms with Crippen LogP contribution in [0, 0.1) is 0 Å². The number of β-amino-alcohol motifs (C(OH)–C–C–N with tert-alkyl or cyclic N) is 1. The molecule has 3 heteroatoms. The number of fused-ring (bicyclic) bond motifs is 1. The van der Waals surface area contributed by atoms with Crippen molar-refractivity contribution in [3.05, 3.63) is 54.3 Å². The van der Waals surface area contributed by atoms with Crippen LogP contribution in [0.4, 0.5) is 5.69 Å². The molecule has 1 aromatic rings. The Bertz CT molecular complexity index is 547. The van der Waals surface area contributed by atoms with Crippen molar-refractivity contribution < 1.29 is 9.84 Å². The van der Waals surface area contributed by atoms with Crippen molar-refractivity contribution in [2.75, 3.05) is 18.1 Å². The zero-order valence-electron chi connectivity index (χ0n) is 11.3. The minimum Gasteiger partial charge on any atom is -0.471 e. The number of nitrogens with zero attached hydrogens (tertiary/aromatic N) is 1. The maximum atomic E-state index is 9.40. The lowest BCUT2D eigenvalue weighted by atomic mass is 9.77. The largest absolute Gasteiger partial charge is 0.471 e. The SMILES string of the molecule is CC1(C)c2ccccc2N(CCO)C12C=CC=CO2. The zero-order chi connectivity index (χ0) is 13.5. The number of aliphatic hydroxyl groups excluding tert-OH is 1. The summed E-state index contributed by atoms with van der Waals surface area (Å²) in [6.07, 6.45) is 7.73. The molecular weight excluding hydrogens is 238 g/mol. The van der Waals surface area contributed by atoms with Crippen LogP contribution in [0.15, 0.2) is 48.8 Å². The third kappa shape index (κ3) is 1.48. The molecule has 3 rings (SSSR count). The van der Waals surface area contributed by atoms with Crippen molar-refractivity contribution in [1.82, 2.24) is 0 Å². The molecule has 1 N–H and O–H groups in total. The monoisotopic (exact) mass is 257 g/mol. The summed E-state index contributed by atoms with van der Waals surface area (Å²) in [6.45, 7) is 5.03. The van der Waals surface area contributed by atoms with Gasteiger partial charge in [0.1, 0.15) is 0 Å². The quantitative estimate of drug-likeness (QED) is 0.884. The van der Waals surface area contributed by atoms with E-state index in [0.717, 1.165) is 5.69 Å². The number of anilines is 1. The van der Waals surface area contributed by atoms with E-state index in [0.29, 0.717) is 6.54 Å². The molecular formula is C16H19NO2. The van der Waals surface area contributed by atoms with Gasteiger partial charge in [0.05, 0.1) is 18.3 Å². The maximum Gasteiger partial charge on any atom is 0.211 e. The third-order valence-corrected chi connectivity index (χ3v) is 4.25. The summed E-state index contributed by atoms with van der Waals surface area (Å²) in [6, 6.07) is 8.32. The Morgan fingerprint density at radius 2 is 2.00 bits per heavy atom. The Labute approximate surface area is 113 Å². The number of benzene rings is 1. The van der Waals surface area contributed by atoms with E-state index in [4.69, 9.17) is 4.74 Å². The van der Waals surface area contributed by atoms with Crippen LogP contribution in [0.25, 0.3) is 0 Å². The molecule has 0 aromatic heterocycles. The fraction of sp³-hybridized carbons (Fsp3) is 0.375. The van der Waals surface area contributed by atoms with E-state index in [1.807, 2.05) is 18.2 Å². The first kappa shape index (κ1) is 12.3. The van der Waals surface area contributed by atoms with Crippen molar-refractivity contribution in [2.45, 2.75) is 25.0 Å². The van der Waals surface area contributed by atoms with Gasteiger partial charge in [0, 0.05) is 12.2 Å². The van der Waals surface area contributed by atoms with Gasteiger partial charge < -0.3 is 14.7 Å². The van der Waals surface area contributed by atoms with Gasteiger partial charge in [-0.05, 0) is 37.6 Å². The van der Waals surface area contributed by atoms with Crippen LogP contribution in [-0.2, 0) is 10.2 Å². The third-order valence-electron chi connectivity index (χ3n) is 4.25. The average molecular weight is 257 g/mol. The maximum absolute atomic E-state index is 9.40. The van der Waals surface area contributed by atoms with Crippen LogP contribution >= 0.6 is 0 Å². The van der Waals surface area contributed by atoms with Crippen LogP contribution in [0.2, 0.25) is 0 Å². The molecule has 2 aliphatic rings. The minimum atomic E-state index is -0.547. The summed E-state index contributed by atoms with van der Waals surface area (Å²) in [5, 5.41) is 9.40. The highest BCUT2D eigenvalue weighted by Gasteiger charge is 2.57. The molecule has 0 saturated heterocycles. The zero-order valence-corrected chi connectivity index (χ0v) is 11.3. The van der Waals surface area contributed by atoms with Crippen LogP contribution in [0.1, 0.15) is 19.4 Å². The smallest absolute Gasteiger partial charge is 0.211 e. The van der Waals surface area contributed by atoms with Gasteiger partial charge in [0.15, 0.2) is 0 Å². The lowest BCUT2D eigenvalue weighted by molar-refractivity contribution is 0.00800. The molecule has 0 bridgehead atoms. The number of rotatable bonds is 2. The number of allylic oxidation sites excluding steroid dienone is 2. The highest BCUT2D eigenvalue weighted by molar-refractivity contribution is 5.67. The highest BCUT2D eigenvalue weighted by Crippen LogP contribution is 2.53. The number of hydrogen-bond acceptors (Lipinski definition) is 3. The number of hydrogen-bond donors (Lipinski definition) is 1. The molecule has 0 fully saturated rings. The first-order valence-corrected chi connectivity index (χ1v) is 6.64. The highest BCUT2D eigenvalue weighted by atomic mass is 16.5. The van der Waals surface area contributed by atoms with Gasteiger partial charge >= 0.3 is 0 Å². The standard InChI is InChI=1S/C16H19NO2/c1-15(2)13-7-3-4-8-14(13)17(10-11-18)16(15)9-5-6-12-19-16/h3-9,12,18H,10-11H2,1-2H3. The average Bonchev–Trinajstić information content (AvgIpc) is 2.61. The van der Waals surface area contributed by atoms with Crippen molar-refractivity contribution in [2.24, 2.45) is 0 Å². The molecule has 1 spiro atoms. The fourth-order valence-corrected chi connectivity index (χ4v) is 3.26. The fourth-order valence-electron chi connectivity index (χ4n) is 3.26. The minimum absolute atomic E-state index is 0.104. The summed E-state index contributed by atoms with van der Waals surface area (Å²) in [4.78, 5) is 2.16. The first-order valence-electron chi connectivity index (χ1n) is 6.64. The summed E-state index contributed by atoms with van der Waals surface area (Å²) in [5.41, 5.74) is 1.67. The molecule has 19 heavy (non-hydrogen) atoms. The van der Waals surface area contributed by atoms with Crippen LogP contribution < -0.4 is 4.90 Å². The van der Waals surface area contributed by atoms with Crippen LogP contribution in [-0.4, -0.2) is 24.0 Å². The van der Waals surface area contributed by atoms with Gasteiger partial charge in [-0.25, -0.2) is 0 Å². The normalized spacial score (nSPS) is 26.6. The van der Waals surface area contributed by atoms with E-state index in [2.05, 4.69) is 43.0 Å². The summed E-state index contributed by atoms with van der Waals surface area (Å²) < 4.78 is 6.04. The molecule has 2 heterocycles. The predicted molar refractivity (Wildman–Crippen MR) is 76.0 cm³/mol. The van der Waals surface area contributed by atoms with Crippen molar-refractivity contribution in [3.63, 3.8) is 0 Å². The molecule has 3 nitrogen and oxygen atoms in total.